The number of carboxylic acids is 1. The molecule has 0 atom stereocenters. The number of hydrogen-bond donors (Lipinski definition) is 2. The average molecular weight is 391 g/mol. The van der Waals surface area contributed by atoms with E-state index in [0.717, 1.165) is 23.0 Å². The Balaban J connectivity index is 1.57. The lowest BCUT2D eigenvalue weighted by molar-refractivity contribution is -0.133. The summed E-state index contributed by atoms with van der Waals surface area (Å²) in [7, 11) is 0. The van der Waals surface area contributed by atoms with E-state index in [1.165, 1.54) is 49.0 Å². The summed E-state index contributed by atoms with van der Waals surface area (Å²) >= 11 is 2.45. The van der Waals surface area contributed by atoms with Crippen molar-refractivity contribution in [2.75, 3.05) is 16.8 Å². The van der Waals surface area contributed by atoms with Crippen LogP contribution in [0.2, 0.25) is 0 Å². The number of anilines is 1. The third-order valence-corrected chi connectivity index (χ3v) is 6.17. The van der Waals surface area contributed by atoms with Crippen LogP contribution in [0.1, 0.15) is 43.6 Å². The molecule has 1 aromatic heterocycles. The topological polar surface area (TPSA) is 79.3 Å². The number of hydrogen-bond acceptors (Lipinski definition) is 5. The summed E-state index contributed by atoms with van der Waals surface area (Å²) < 4.78 is 0. The van der Waals surface area contributed by atoms with E-state index in [9.17, 15) is 9.59 Å². The fourth-order valence-electron chi connectivity index (χ4n) is 3.21. The number of thioether (sulfide) groups is 1. The molecule has 2 aromatic rings. The summed E-state index contributed by atoms with van der Waals surface area (Å²) in [5.41, 5.74) is 3.30. The normalized spacial score (nSPS) is 14.9. The van der Waals surface area contributed by atoms with Crippen molar-refractivity contribution < 1.29 is 14.7 Å². The number of carbonyl (C=O) groups is 2. The van der Waals surface area contributed by atoms with Crippen molar-refractivity contribution in [3.8, 4) is 11.3 Å². The monoisotopic (exact) mass is 390 g/mol. The first-order valence-corrected chi connectivity index (χ1v) is 10.8. The van der Waals surface area contributed by atoms with Gasteiger partial charge in [0.15, 0.2) is 5.13 Å². The van der Waals surface area contributed by atoms with Crippen molar-refractivity contribution in [3.05, 3.63) is 35.2 Å². The molecule has 0 unspecified atom stereocenters. The fraction of sp³-hybridized carbons (Fsp3) is 0.421. The number of benzene rings is 1. The molecule has 3 rings (SSSR count). The Morgan fingerprint density at radius 1 is 1.15 bits per heavy atom. The Labute approximate surface area is 161 Å². The van der Waals surface area contributed by atoms with E-state index in [0.29, 0.717) is 11.0 Å². The van der Waals surface area contributed by atoms with Gasteiger partial charge in [-0.2, -0.15) is 0 Å². The van der Waals surface area contributed by atoms with Crippen LogP contribution in [0, 0.1) is 0 Å². The van der Waals surface area contributed by atoms with E-state index in [1.807, 2.05) is 5.38 Å². The van der Waals surface area contributed by atoms with Crippen LogP contribution in [0.5, 0.6) is 0 Å². The molecular weight excluding hydrogens is 368 g/mol. The highest BCUT2D eigenvalue weighted by Crippen LogP contribution is 2.34. The molecule has 5 nitrogen and oxygen atoms in total. The molecule has 138 valence electrons. The van der Waals surface area contributed by atoms with Gasteiger partial charge >= 0.3 is 5.97 Å². The smallest absolute Gasteiger partial charge is 0.313 e. The lowest BCUT2D eigenvalue weighted by atomic mass is 9.84. The van der Waals surface area contributed by atoms with Crippen LogP contribution in [-0.2, 0) is 9.59 Å². The minimum Gasteiger partial charge on any atom is -0.481 e. The Morgan fingerprint density at radius 2 is 1.88 bits per heavy atom. The highest BCUT2D eigenvalue weighted by atomic mass is 32.2. The minimum atomic E-state index is -0.920. The van der Waals surface area contributed by atoms with Crippen molar-refractivity contribution in [2.24, 2.45) is 0 Å². The van der Waals surface area contributed by atoms with E-state index in [2.05, 4.69) is 34.6 Å². The van der Waals surface area contributed by atoms with Crippen molar-refractivity contribution in [1.29, 1.82) is 0 Å². The highest BCUT2D eigenvalue weighted by Gasteiger charge is 2.15. The van der Waals surface area contributed by atoms with E-state index in [1.54, 1.807) is 0 Å². The molecule has 26 heavy (non-hydrogen) atoms. The second kappa shape index (κ2) is 9.19. The Hall–Kier alpha value is -1.86. The molecule has 0 aliphatic heterocycles. The fourth-order valence-corrected chi connectivity index (χ4v) is 4.48. The number of nitrogens with one attached hydrogen (secondary N) is 1. The standard InChI is InChI=1S/C19H22N2O3S2/c22-17(11-25-12-18(23)24)21-19-20-16(10-26-19)15-8-6-14(7-9-15)13-4-2-1-3-5-13/h6-10,13H,1-5,11-12H2,(H,23,24)(H,20,21,22). The van der Waals surface area contributed by atoms with Gasteiger partial charge in [-0.1, -0.05) is 43.5 Å². The van der Waals surface area contributed by atoms with Crippen LogP contribution in [-0.4, -0.2) is 33.5 Å². The number of rotatable bonds is 7. The highest BCUT2D eigenvalue weighted by molar-refractivity contribution is 8.00. The van der Waals surface area contributed by atoms with E-state index < -0.39 is 5.97 Å². The molecule has 7 heteroatoms. The Kier molecular flexibility index (Phi) is 6.68. The summed E-state index contributed by atoms with van der Waals surface area (Å²) in [6.45, 7) is 0. The van der Waals surface area contributed by atoms with Crippen LogP contribution >= 0.6 is 23.1 Å². The molecule has 1 aliphatic rings. The lowest BCUT2D eigenvalue weighted by Crippen LogP contribution is -2.15. The summed E-state index contributed by atoms with van der Waals surface area (Å²) in [5.74, 6) is -0.437. The van der Waals surface area contributed by atoms with E-state index in [-0.39, 0.29) is 17.4 Å². The van der Waals surface area contributed by atoms with Crippen LogP contribution < -0.4 is 5.32 Å². The SMILES string of the molecule is O=C(O)CSCC(=O)Nc1nc(-c2ccc(C3CCCCC3)cc2)cs1. The van der Waals surface area contributed by atoms with Crippen LogP contribution in [0.25, 0.3) is 11.3 Å². The maximum absolute atomic E-state index is 11.8. The van der Waals surface area contributed by atoms with Gasteiger partial charge in [-0.15, -0.1) is 23.1 Å². The van der Waals surface area contributed by atoms with Crippen LogP contribution in [0.3, 0.4) is 0 Å². The van der Waals surface area contributed by atoms with E-state index in [4.69, 9.17) is 5.11 Å². The molecule has 0 radical (unpaired) electrons. The van der Waals surface area contributed by atoms with Gasteiger partial charge in [-0.25, -0.2) is 4.98 Å². The number of aliphatic carboxylic acids is 1. The number of amides is 1. The zero-order chi connectivity index (χ0) is 18.4. The summed E-state index contributed by atoms with van der Waals surface area (Å²) in [5, 5.41) is 13.8. The number of carboxylic acid groups (broad SMARTS) is 1. The largest absolute Gasteiger partial charge is 0.481 e. The number of aromatic nitrogens is 1. The first kappa shape index (κ1) is 18.9. The second-order valence-corrected chi connectivity index (χ2v) is 8.27. The Bertz CT molecular complexity index is 752. The maximum atomic E-state index is 11.8. The first-order chi connectivity index (χ1) is 12.6. The van der Waals surface area contributed by atoms with Gasteiger partial charge < -0.3 is 10.4 Å². The van der Waals surface area contributed by atoms with Crippen molar-refractivity contribution in [2.45, 2.75) is 38.0 Å². The third-order valence-electron chi connectivity index (χ3n) is 4.49. The zero-order valence-corrected chi connectivity index (χ0v) is 16.1. The summed E-state index contributed by atoms with van der Waals surface area (Å²) in [4.78, 5) is 26.7. The third kappa shape index (κ3) is 5.32. The zero-order valence-electron chi connectivity index (χ0n) is 14.4. The van der Waals surface area contributed by atoms with Crippen molar-refractivity contribution in [3.63, 3.8) is 0 Å². The minimum absolute atomic E-state index is 0.0795. The molecular formula is C19H22N2O3S2. The molecule has 0 bridgehead atoms. The quantitative estimate of drug-likeness (QED) is 0.721. The van der Waals surface area contributed by atoms with Gasteiger partial charge in [0.05, 0.1) is 17.2 Å². The summed E-state index contributed by atoms with van der Waals surface area (Å²) in [6.07, 6.45) is 6.58. The van der Waals surface area contributed by atoms with Gasteiger partial charge in [-0.05, 0) is 24.3 Å². The molecule has 0 saturated heterocycles. The lowest BCUT2D eigenvalue weighted by Gasteiger charge is -2.22. The number of carbonyl (C=O) groups excluding carboxylic acids is 1. The number of nitrogens with zero attached hydrogens (tertiary/aromatic N) is 1. The van der Waals surface area contributed by atoms with Crippen molar-refractivity contribution >= 4 is 40.1 Å². The van der Waals surface area contributed by atoms with Gasteiger partial charge in [-0.3, -0.25) is 9.59 Å². The maximum Gasteiger partial charge on any atom is 0.313 e. The second-order valence-electron chi connectivity index (χ2n) is 6.43. The Morgan fingerprint density at radius 3 is 2.58 bits per heavy atom. The summed E-state index contributed by atoms with van der Waals surface area (Å²) in [6, 6.07) is 8.61. The average Bonchev–Trinajstić information content (AvgIpc) is 3.10. The molecule has 1 fully saturated rings. The molecule has 1 amide bonds. The molecule has 1 aliphatic carbocycles. The van der Waals surface area contributed by atoms with E-state index >= 15 is 0 Å². The molecule has 0 spiro atoms. The van der Waals surface area contributed by atoms with Gasteiger partial charge in [0, 0.05) is 10.9 Å². The van der Waals surface area contributed by atoms with Crippen LogP contribution in [0.4, 0.5) is 5.13 Å². The molecule has 1 heterocycles. The first-order valence-electron chi connectivity index (χ1n) is 8.77. The van der Waals surface area contributed by atoms with Crippen molar-refractivity contribution in [1.82, 2.24) is 4.98 Å². The predicted molar refractivity (Wildman–Crippen MR) is 107 cm³/mol. The molecule has 1 saturated carbocycles. The van der Waals surface area contributed by atoms with Gasteiger partial charge in [0.2, 0.25) is 5.91 Å². The van der Waals surface area contributed by atoms with Gasteiger partial charge in [0.1, 0.15) is 0 Å². The van der Waals surface area contributed by atoms with Crippen LogP contribution in [0.15, 0.2) is 29.6 Å². The number of thiazole rings is 1. The molecule has 2 N–H and O–H groups in total. The predicted octanol–water partition coefficient (Wildman–Crippen LogP) is 4.61. The van der Waals surface area contributed by atoms with Gasteiger partial charge in [0.25, 0.3) is 0 Å². The molecule has 1 aromatic carbocycles.